The Hall–Kier alpha value is -2.09. The second-order valence-corrected chi connectivity index (χ2v) is 6.07. The Bertz CT molecular complexity index is 649. The van der Waals surface area contributed by atoms with Crippen molar-refractivity contribution < 1.29 is 4.79 Å². The Balaban J connectivity index is 2.01. The van der Waals surface area contributed by atoms with E-state index in [1.165, 1.54) is 19.3 Å². The van der Waals surface area contributed by atoms with E-state index >= 15 is 0 Å². The lowest BCUT2D eigenvalue weighted by Crippen LogP contribution is -2.36. The van der Waals surface area contributed by atoms with Crippen LogP contribution in [-0.2, 0) is 11.2 Å². The summed E-state index contributed by atoms with van der Waals surface area (Å²) in [5.41, 5.74) is 2.12. The van der Waals surface area contributed by atoms with Crippen molar-refractivity contribution in [2.45, 2.75) is 64.8 Å². The highest BCUT2D eigenvalue weighted by Gasteiger charge is 2.17. The van der Waals surface area contributed by atoms with Crippen molar-refractivity contribution in [1.82, 2.24) is 10.3 Å². The van der Waals surface area contributed by atoms with Gasteiger partial charge in [-0.15, -0.1) is 0 Å². The van der Waals surface area contributed by atoms with Crippen LogP contribution in [-0.4, -0.2) is 16.9 Å². The van der Waals surface area contributed by atoms with E-state index < -0.39 is 0 Å². The highest BCUT2D eigenvalue weighted by atomic mass is 16.1. The third-order valence-electron chi connectivity index (χ3n) is 4.49. The molecule has 1 aromatic rings. The third-order valence-corrected chi connectivity index (χ3v) is 4.49. The van der Waals surface area contributed by atoms with Gasteiger partial charge in [0.05, 0.1) is 0 Å². The van der Waals surface area contributed by atoms with Crippen LogP contribution in [0.4, 0.5) is 0 Å². The maximum atomic E-state index is 12.1. The minimum atomic E-state index is -0.354. The number of carbonyl (C=O) groups is 1. The van der Waals surface area contributed by atoms with Gasteiger partial charge in [-0.1, -0.05) is 19.3 Å². The van der Waals surface area contributed by atoms with Crippen molar-refractivity contribution in [2.75, 3.05) is 0 Å². The van der Waals surface area contributed by atoms with Gasteiger partial charge in [-0.2, -0.15) is 5.26 Å². The molecule has 0 aromatic carbocycles. The molecule has 0 unspecified atom stereocenters. The SMILES string of the molecule is Cc1[nH]c(=O)c(C#N)c(C)c1CCC(=O)NC1CCCCC1. The van der Waals surface area contributed by atoms with Gasteiger partial charge < -0.3 is 10.3 Å². The van der Waals surface area contributed by atoms with Gasteiger partial charge >= 0.3 is 0 Å². The fourth-order valence-corrected chi connectivity index (χ4v) is 3.21. The number of H-pyrrole nitrogens is 1. The van der Waals surface area contributed by atoms with Crippen molar-refractivity contribution in [3.8, 4) is 6.07 Å². The summed E-state index contributed by atoms with van der Waals surface area (Å²) >= 11 is 0. The molecule has 5 heteroatoms. The second-order valence-electron chi connectivity index (χ2n) is 6.07. The Morgan fingerprint density at radius 1 is 1.32 bits per heavy atom. The first kappa shape index (κ1) is 16.3. The first-order valence-corrected chi connectivity index (χ1v) is 7.94. The molecule has 5 nitrogen and oxygen atoms in total. The molecule has 1 aliphatic carbocycles. The lowest BCUT2D eigenvalue weighted by atomic mass is 9.95. The number of amides is 1. The number of rotatable bonds is 4. The number of aryl methyl sites for hydroxylation is 1. The average molecular weight is 301 g/mol. The van der Waals surface area contributed by atoms with Crippen molar-refractivity contribution in [2.24, 2.45) is 0 Å². The Morgan fingerprint density at radius 2 is 2.00 bits per heavy atom. The molecule has 0 spiro atoms. The molecule has 118 valence electrons. The maximum absolute atomic E-state index is 12.1. The summed E-state index contributed by atoms with van der Waals surface area (Å²) in [6.45, 7) is 3.58. The van der Waals surface area contributed by atoms with Crippen molar-refractivity contribution in [3.05, 3.63) is 32.7 Å². The van der Waals surface area contributed by atoms with E-state index in [9.17, 15) is 9.59 Å². The van der Waals surface area contributed by atoms with Crippen molar-refractivity contribution in [1.29, 1.82) is 5.26 Å². The van der Waals surface area contributed by atoms with E-state index in [0.717, 1.165) is 24.1 Å². The van der Waals surface area contributed by atoms with Crippen LogP contribution in [0.5, 0.6) is 0 Å². The number of pyridine rings is 1. The van der Waals surface area contributed by atoms with Crippen LogP contribution in [0.15, 0.2) is 4.79 Å². The Labute approximate surface area is 130 Å². The molecule has 1 saturated carbocycles. The van der Waals surface area contributed by atoms with Gasteiger partial charge in [-0.3, -0.25) is 9.59 Å². The highest BCUT2D eigenvalue weighted by Crippen LogP contribution is 2.18. The summed E-state index contributed by atoms with van der Waals surface area (Å²) in [5.74, 6) is 0.0513. The molecule has 1 aromatic heterocycles. The number of carbonyl (C=O) groups excluding carboxylic acids is 1. The number of hydrogen-bond acceptors (Lipinski definition) is 3. The molecule has 2 rings (SSSR count). The average Bonchev–Trinajstić information content (AvgIpc) is 2.48. The fourth-order valence-electron chi connectivity index (χ4n) is 3.21. The molecule has 2 N–H and O–H groups in total. The lowest BCUT2D eigenvalue weighted by molar-refractivity contribution is -0.121. The Kier molecular flexibility index (Phi) is 5.37. The summed E-state index contributed by atoms with van der Waals surface area (Å²) in [6, 6.07) is 2.25. The van der Waals surface area contributed by atoms with Crippen LogP contribution >= 0.6 is 0 Å². The number of hydrogen-bond donors (Lipinski definition) is 2. The molecule has 1 fully saturated rings. The topological polar surface area (TPSA) is 85.8 Å². The van der Waals surface area contributed by atoms with E-state index in [4.69, 9.17) is 5.26 Å². The van der Waals surface area contributed by atoms with Crippen LogP contribution < -0.4 is 10.9 Å². The van der Waals surface area contributed by atoms with Crippen molar-refractivity contribution in [3.63, 3.8) is 0 Å². The molecule has 0 radical (unpaired) electrons. The lowest BCUT2D eigenvalue weighted by Gasteiger charge is -2.22. The van der Waals surface area contributed by atoms with E-state index in [1.807, 2.05) is 13.0 Å². The zero-order valence-electron chi connectivity index (χ0n) is 13.3. The van der Waals surface area contributed by atoms with E-state index in [0.29, 0.717) is 24.4 Å². The highest BCUT2D eigenvalue weighted by molar-refractivity contribution is 5.76. The van der Waals surface area contributed by atoms with Crippen LogP contribution in [0.25, 0.3) is 0 Å². The molecule has 0 bridgehead atoms. The third kappa shape index (κ3) is 3.76. The second kappa shape index (κ2) is 7.26. The molecule has 1 amide bonds. The van der Waals surface area contributed by atoms with Gasteiger partial charge in [-0.05, 0) is 44.2 Å². The molecule has 0 atom stereocenters. The number of nitrogens with zero attached hydrogens (tertiary/aromatic N) is 1. The number of nitrogens with one attached hydrogen (secondary N) is 2. The minimum absolute atomic E-state index is 0.0513. The van der Waals surface area contributed by atoms with Gasteiger partial charge in [0.1, 0.15) is 11.6 Å². The quantitative estimate of drug-likeness (QED) is 0.894. The van der Waals surface area contributed by atoms with E-state index in [-0.39, 0.29) is 17.0 Å². The molecular formula is C17H23N3O2. The molecule has 1 aliphatic rings. The monoisotopic (exact) mass is 301 g/mol. The van der Waals surface area contributed by atoms with Crippen LogP contribution in [0.3, 0.4) is 0 Å². The van der Waals surface area contributed by atoms with E-state index in [2.05, 4.69) is 10.3 Å². The van der Waals surface area contributed by atoms with Gasteiger partial charge in [0, 0.05) is 18.2 Å². The first-order valence-electron chi connectivity index (χ1n) is 7.94. The van der Waals surface area contributed by atoms with Gasteiger partial charge in [0.25, 0.3) is 5.56 Å². The minimum Gasteiger partial charge on any atom is -0.353 e. The summed E-state index contributed by atoms with van der Waals surface area (Å²) in [4.78, 5) is 26.5. The number of aromatic amines is 1. The standard InChI is InChI=1S/C17H23N3O2/c1-11-14(12(2)19-17(22)15(11)10-18)8-9-16(21)20-13-6-4-3-5-7-13/h13H,3-9H2,1-2H3,(H,19,22)(H,20,21). The Morgan fingerprint density at radius 3 is 2.64 bits per heavy atom. The van der Waals surface area contributed by atoms with E-state index in [1.54, 1.807) is 6.92 Å². The summed E-state index contributed by atoms with van der Waals surface area (Å²) < 4.78 is 0. The maximum Gasteiger partial charge on any atom is 0.266 e. The molecule has 0 saturated heterocycles. The van der Waals surface area contributed by atoms with Gasteiger partial charge in [0.15, 0.2) is 0 Å². The summed E-state index contributed by atoms with van der Waals surface area (Å²) in [5, 5.41) is 12.2. The number of aromatic nitrogens is 1. The van der Waals surface area contributed by atoms with Gasteiger partial charge in [0.2, 0.25) is 5.91 Å². The van der Waals surface area contributed by atoms with Crippen LogP contribution in [0.2, 0.25) is 0 Å². The zero-order valence-corrected chi connectivity index (χ0v) is 13.3. The molecular weight excluding hydrogens is 278 g/mol. The first-order chi connectivity index (χ1) is 10.5. The molecule has 1 heterocycles. The van der Waals surface area contributed by atoms with Gasteiger partial charge in [-0.25, -0.2) is 0 Å². The number of nitriles is 1. The summed E-state index contributed by atoms with van der Waals surface area (Å²) in [7, 11) is 0. The van der Waals surface area contributed by atoms with Crippen LogP contribution in [0, 0.1) is 25.2 Å². The molecule has 0 aliphatic heterocycles. The smallest absolute Gasteiger partial charge is 0.266 e. The zero-order chi connectivity index (χ0) is 16.1. The summed E-state index contributed by atoms with van der Waals surface area (Å²) in [6.07, 6.45) is 6.71. The predicted molar refractivity (Wildman–Crippen MR) is 84.6 cm³/mol. The van der Waals surface area contributed by atoms with Crippen molar-refractivity contribution >= 4 is 5.91 Å². The normalized spacial score (nSPS) is 15.3. The predicted octanol–water partition coefficient (Wildman–Crippen LogP) is 2.24. The fraction of sp³-hybridized carbons (Fsp3) is 0.588. The molecule has 22 heavy (non-hydrogen) atoms. The largest absolute Gasteiger partial charge is 0.353 e. The van der Waals surface area contributed by atoms with Crippen LogP contribution in [0.1, 0.15) is 60.9 Å².